The molecule has 0 radical (unpaired) electrons. The van der Waals surface area contributed by atoms with E-state index in [0.717, 1.165) is 16.8 Å². The number of rotatable bonds is 3. The van der Waals surface area contributed by atoms with Crippen molar-refractivity contribution in [3.63, 3.8) is 0 Å². The van der Waals surface area contributed by atoms with Crippen molar-refractivity contribution in [3.05, 3.63) is 59.2 Å². The fraction of sp³-hybridized carbons (Fsp3) is 0.188. The molecule has 108 valence electrons. The van der Waals surface area contributed by atoms with Crippen molar-refractivity contribution in [1.29, 1.82) is 0 Å². The van der Waals surface area contributed by atoms with Gasteiger partial charge in [-0.15, -0.1) is 0 Å². The number of hydrogen-bond acceptors (Lipinski definition) is 3. The maximum absolute atomic E-state index is 13.3. The van der Waals surface area contributed by atoms with Crippen molar-refractivity contribution in [3.8, 4) is 0 Å². The number of aryl methyl sites for hydroxylation is 1. The Labute approximate surface area is 120 Å². The quantitative estimate of drug-likeness (QED) is 0.692. The van der Waals surface area contributed by atoms with Crippen molar-refractivity contribution < 1.29 is 18.3 Å². The van der Waals surface area contributed by atoms with Gasteiger partial charge in [-0.25, -0.2) is 9.18 Å². The first-order valence-electron chi connectivity index (χ1n) is 6.51. The van der Waals surface area contributed by atoms with Gasteiger partial charge in [0.25, 0.3) is 0 Å². The molecule has 0 saturated carbocycles. The van der Waals surface area contributed by atoms with Gasteiger partial charge in [0.05, 0.1) is 12.6 Å². The zero-order valence-corrected chi connectivity index (χ0v) is 11.7. The average Bonchev–Trinajstić information content (AvgIpc) is 2.96. The molecule has 0 N–H and O–H groups in total. The van der Waals surface area contributed by atoms with Crippen LogP contribution in [0.3, 0.4) is 0 Å². The molecule has 0 aliphatic carbocycles. The average molecular weight is 287 g/mol. The van der Waals surface area contributed by atoms with E-state index in [1.165, 1.54) is 19.2 Å². The highest BCUT2D eigenvalue weighted by Gasteiger charge is 2.19. The molecule has 1 aromatic carbocycles. The van der Waals surface area contributed by atoms with E-state index in [0.29, 0.717) is 17.8 Å². The number of fused-ring (bicyclic) bond motifs is 1. The minimum atomic E-state index is -0.449. The summed E-state index contributed by atoms with van der Waals surface area (Å²) in [6, 6.07) is 9.78. The lowest BCUT2D eigenvalue weighted by atomic mass is 10.2. The van der Waals surface area contributed by atoms with Crippen LogP contribution in [-0.4, -0.2) is 17.6 Å². The number of benzene rings is 1. The number of carbonyl (C=O) groups is 1. The highest BCUT2D eigenvalue weighted by molar-refractivity contribution is 5.94. The Morgan fingerprint density at radius 2 is 2.14 bits per heavy atom. The normalized spacial score (nSPS) is 11.0. The van der Waals surface area contributed by atoms with Crippen molar-refractivity contribution >= 4 is 17.1 Å². The summed E-state index contributed by atoms with van der Waals surface area (Å²) in [7, 11) is 1.33. The third kappa shape index (κ3) is 2.42. The first-order valence-corrected chi connectivity index (χ1v) is 6.51. The molecule has 0 spiro atoms. The lowest BCUT2D eigenvalue weighted by Gasteiger charge is -2.09. The molecule has 4 nitrogen and oxygen atoms in total. The van der Waals surface area contributed by atoms with Crippen LogP contribution in [0, 0.1) is 12.7 Å². The Kier molecular flexibility index (Phi) is 3.25. The summed E-state index contributed by atoms with van der Waals surface area (Å²) >= 11 is 0. The van der Waals surface area contributed by atoms with Crippen molar-refractivity contribution in [2.75, 3.05) is 7.11 Å². The summed E-state index contributed by atoms with van der Waals surface area (Å²) in [6.45, 7) is 2.20. The monoisotopic (exact) mass is 287 g/mol. The van der Waals surface area contributed by atoms with Crippen LogP contribution in [0.25, 0.3) is 11.1 Å². The Morgan fingerprint density at radius 3 is 2.86 bits per heavy atom. The van der Waals surface area contributed by atoms with Crippen LogP contribution < -0.4 is 0 Å². The second-order valence-corrected chi connectivity index (χ2v) is 4.84. The van der Waals surface area contributed by atoms with E-state index >= 15 is 0 Å². The Hall–Kier alpha value is -2.56. The van der Waals surface area contributed by atoms with Crippen LogP contribution in [0.15, 0.2) is 40.8 Å². The molecule has 0 aliphatic heterocycles. The van der Waals surface area contributed by atoms with Crippen LogP contribution in [0.5, 0.6) is 0 Å². The molecule has 3 aromatic rings. The Bertz CT molecular complexity index is 816. The van der Waals surface area contributed by atoms with Gasteiger partial charge in [0, 0.05) is 18.7 Å². The molecular weight excluding hydrogens is 273 g/mol. The molecule has 21 heavy (non-hydrogen) atoms. The number of nitrogens with zero attached hydrogens (tertiary/aromatic N) is 1. The summed E-state index contributed by atoms with van der Waals surface area (Å²) in [6.07, 6.45) is 0. The molecule has 2 heterocycles. The van der Waals surface area contributed by atoms with Crippen molar-refractivity contribution in [1.82, 2.24) is 4.57 Å². The smallest absolute Gasteiger partial charge is 0.354 e. The number of carbonyl (C=O) groups excluding carboxylic acids is 1. The number of halogens is 1. The summed E-state index contributed by atoms with van der Waals surface area (Å²) < 4.78 is 25.4. The van der Waals surface area contributed by atoms with E-state index in [2.05, 4.69) is 0 Å². The predicted molar refractivity (Wildman–Crippen MR) is 75.8 cm³/mol. The highest BCUT2D eigenvalue weighted by atomic mass is 19.1. The third-order valence-electron chi connectivity index (χ3n) is 3.34. The molecule has 0 bridgehead atoms. The van der Waals surface area contributed by atoms with Crippen molar-refractivity contribution in [2.45, 2.75) is 13.5 Å². The van der Waals surface area contributed by atoms with Gasteiger partial charge in [0.1, 0.15) is 17.3 Å². The molecular formula is C16H14FNO3. The van der Waals surface area contributed by atoms with Gasteiger partial charge in [-0.2, -0.15) is 0 Å². The van der Waals surface area contributed by atoms with E-state index in [1.54, 1.807) is 16.7 Å². The molecule has 5 heteroatoms. The number of hydrogen-bond donors (Lipinski definition) is 0. The summed E-state index contributed by atoms with van der Waals surface area (Å²) in [5, 5.41) is 0. The fourth-order valence-electron chi connectivity index (χ4n) is 2.43. The lowest BCUT2D eigenvalue weighted by molar-refractivity contribution is 0.0589. The van der Waals surface area contributed by atoms with E-state index in [1.807, 2.05) is 19.1 Å². The lowest BCUT2D eigenvalue weighted by Crippen LogP contribution is -2.11. The van der Waals surface area contributed by atoms with Crippen LogP contribution in [0.1, 0.15) is 21.8 Å². The second-order valence-electron chi connectivity index (χ2n) is 4.84. The standard InChI is InChI=1S/C16H14FNO3/c1-10-6-13-15(21-10)8-14(16(19)20-2)18(13)9-11-4-3-5-12(17)7-11/h3-8H,9H2,1-2H3. The van der Waals surface area contributed by atoms with Gasteiger partial charge in [0.2, 0.25) is 0 Å². The number of furan rings is 1. The SMILES string of the molecule is COC(=O)c1cc2oc(C)cc2n1Cc1cccc(F)c1. The molecule has 0 amide bonds. The molecule has 0 aliphatic rings. The van der Waals surface area contributed by atoms with Crippen LogP contribution in [0.2, 0.25) is 0 Å². The van der Waals surface area contributed by atoms with Gasteiger partial charge < -0.3 is 13.7 Å². The molecule has 0 atom stereocenters. The summed E-state index contributed by atoms with van der Waals surface area (Å²) in [5.74, 6) is -0.00115. The van der Waals surface area contributed by atoms with Crippen LogP contribution in [-0.2, 0) is 11.3 Å². The topological polar surface area (TPSA) is 44.4 Å². The van der Waals surface area contributed by atoms with E-state index < -0.39 is 5.97 Å². The van der Waals surface area contributed by atoms with E-state index in [9.17, 15) is 9.18 Å². The molecule has 2 aromatic heterocycles. The number of ether oxygens (including phenoxy) is 1. The predicted octanol–water partition coefficient (Wildman–Crippen LogP) is 3.52. The van der Waals surface area contributed by atoms with Gasteiger partial charge in [0.15, 0.2) is 5.58 Å². The van der Waals surface area contributed by atoms with Crippen molar-refractivity contribution in [2.24, 2.45) is 0 Å². The molecule has 3 rings (SSSR count). The fourth-order valence-corrected chi connectivity index (χ4v) is 2.43. The van der Waals surface area contributed by atoms with Crippen LogP contribution in [0.4, 0.5) is 4.39 Å². The highest BCUT2D eigenvalue weighted by Crippen LogP contribution is 2.25. The Morgan fingerprint density at radius 1 is 1.33 bits per heavy atom. The van der Waals surface area contributed by atoms with Gasteiger partial charge >= 0.3 is 5.97 Å². The number of esters is 1. The maximum atomic E-state index is 13.3. The first-order chi connectivity index (χ1) is 10.1. The third-order valence-corrected chi connectivity index (χ3v) is 3.34. The Balaban J connectivity index is 2.11. The molecule has 0 fully saturated rings. The minimum Gasteiger partial charge on any atom is -0.464 e. The van der Waals surface area contributed by atoms with E-state index in [4.69, 9.17) is 9.15 Å². The first kappa shape index (κ1) is 13.4. The van der Waals surface area contributed by atoms with Gasteiger partial charge in [-0.05, 0) is 24.6 Å². The van der Waals surface area contributed by atoms with E-state index in [-0.39, 0.29) is 5.82 Å². The maximum Gasteiger partial charge on any atom is 0.354 e. The molecule has 0 saturated heterocycles. The molecule has 0 unspecified atom stereocenters. The zero-order chi connectivity index (χ0) is 15.0. The van der Waals surface area contributed by atoms with Crippen LogP contribution >= 0.6 is 0 Å². The minimum absolute atomic E-state index is 0.307. The largest absolute Gasteiger partial charge is 0.464 e. The van der Waals surface area contributed by atoms with Gasteiger partial charge in [-0.3, -0.25) is 0 Å². The zero-order valence-electron chi connectivity index (χ0n) is 11.7. The summed E-state index contributed by atoms with van der Waals surface area (Å²) in [5.41, 5.74) is 2.55. The summed E-state index contributed by atoms with van der Waals surface area (Å²) in [4.78, 5) is 11.9. The number of aromatic nitrogens is 1. The second kappa shape index (κ2) is 5.09. The number of methoxy groups -OCH3 is 1. The van der Waals surface area contributed by atoms with Gasteiger partial charge in [-0.1, -0.05) is 12.1 Å².